The summed E-state index contributed by atoms with van der Waals surface area (Å²) in [5.41, 5.74) is 2.82. The Morgan fingerprint density at radius 1 is 1.00 bits per heavy atom. The molecule has 0 atom stereocenters. The van der Waals surface area contributed by atoms with Gasteiger partial charge in [0.15, 0.2) is 0 Å². The Hall–Kier alpha value is -3.28. The Labute approximate surface area is 149 Å². The molecular weight excluding hydrogens is 336 g/mol. The summed E-state index contributed by atoms with van der Waals surface area (Å²) in [6, 6.07) is 12.2. The van der Waals surface area contributed by atoms with E-state index in [9.17, 15) is 13.6 Å². The number of hydrogen-bond donors (Lipinski definition) is 2. The van der Waals surface area contributed by atoms with Crippen molar-refractivity contribution >= 4 is 23.1 Å². The minimum absolute atomic E-state index is 0.232. The monoisotopic (exact) mass is 353 g/mol. The molecule has 0 fully saturated rings. The van der Waals surface area contributed by atoms with Gasteiger partial charge in [0.25, 0.3) is 5.91 Å². The third-order valence-electron chi connectivity index (χ3n) is 4.09. The molecule has 1 amide bonds. The molecule has 0 spiro atoms. The number of carbonyl (C=O) groups is 1. The van der Waals surface area contributed by atoms with E-state index < -0.39 is 23.2 Å². The van der Waals surface area contributed by atoms with Crippen molar-refractivity contribution < 1.29 is 13.6 Å². The van der Waals surface area contributed by atoms with Crippen LogP contribution in [-0.4, -0.2) is 10.9 Å². The molecule has 6 heteroatoms. The number of aromatic nitrogens is 1. The minimum atomic E-state index is -0.832. The highest BCUT2D eigenvalue weighted by Crippen LogP contribution is 2.23. The lowest BCUT2D eigenvalue weighted by molar-refractivity contribution is 0.102. The van der Waals surface area contributed by atoms with Gasteiger partial charge in [-0.15, -0.1) is 0 Å². The van der Waals surface area contributed by atoms with Crippen LogP contribution in [-0.2, 0) is 0 Å². The number of aryl methyl sites for hydroxylation is 1. The number of pyridine rings is 1. The number of nitrogens with zero attached hydrogens (tertiary/aromatic N) is 1. The van der Waals surface area contributed by atoms with Crippen LogP contribution in [0.4, 0.5) is 26.0 Å². The minimum Gasteiger partial charge on any atom is -0.340 e. The molecule has 2 aromatic carbocycles. The van der Waals surface area contributed by atoms with E-state index in [2.05, 4.69) is 15.6 Å². The zero-order valence-electron chi connectivity index (χ0n) is 14.3. The first-order valence-corrected chi connectivity index (χ1v) is 8.00. The van der Waals surface area contributed by atoms with Crippen molar-refractivity contribution in [1.29, 1.82) is 0 Å². The standard InChI is InChI=1S/C20H17F2N3O/c1-12-5-3-8-17(13(12)2)24-18-11-14(9-10-23-18)20(26)25-19-15(21)6-4-7-16(19)22/h3-11H,1-2H3,(H,23,24)(H,25,26). The van der Waals surface area contributed by atoms with Crippen LogP contribution < -0.4 is 10.6 Å². The highest BCUT2D eigenvalue weighted by molar-refractivity contribution is 6.04. The molecule has 0 radical (unpaired) electrons. The molecule has 26 heavy (non-hydrogen) atoms. The molecule has 1 heterocycles. The van der Waals surface area contributed by atoms with Gasteiger partial charge in [0.2, 0.25) is 0 Å². The van der Waals surface area contributed by atoms with Crippen molar-refractivity contribution in [2.75, 3.05) is 10.6 Å². The molecule has 3 aromatic rings. The fourth-order valence-electron chi connectivity index (χ4n) is 2.47. The van der Waals surface area contributed by atoms with E-state index in [1.807, 2.05) is 32.0 Å². The van der Waals surface area contributed by atoms with Crippen LogP contribution in [0.3, 0.4) is 0 Å². The van der Waals surface area contributed by atoms with E-state index in [1.165, 1.54) is 24.4 Å². The SMILES string of the molecule is Cc1cccc(Nc2cc(C(=O)Nc3c(F)cccc3F)ccn2)c1C. The second-order valence-electron chi connectivity index (χ2n) is 5.85. The summed E-state index contributed by atoms with van der Waals surface area (Å²) in [7, 11) is 0. The lowest BCUT2D eigenvalue weighted by atomic mass is 10.1. The highest BCUT2D eigenvalue weighted by atomic mass is 19.1. The Morgan fingerprint density at radius 2 is 1.69 bits per heavy atom. The topological polar surface area (TPSA) is 54.0 Å². The summed E-state index contributed by atoms with van der Waals surface area (Å²) in [6.45, 7) is 3.98. The number of rotatable bonds is 4. The number of nitrogens with one attached hydrogen (secondary N) is 2. The quantitative estimate of drug-likeness (QED) is 0.696. The lowest BCUT2D eigenvalue weighted by Crippen LogP contribution is -2.14. The van der Waals surface area contributed by atoms with E-state index in [0.717, 1.165) is 28.9 Å². The second-order valence-corrected chi connectivity index (χ2v) is 5.85. The number of carbonyl (C=O) groups excluding carboxylic acids is 1. The average Bonchev–Trinajstić information content (AvgIpc) is 2.62. The summed E-state index contributed by atoms with van der Waals surface area (Å²) in [5, 5.41) is 5.42. The molecule has 0 aliphatic heterocycles. The summed E-state index contributed by atoms with van der Waals surface area (Å²) in [6.07, 6.45) is 1.46. The summed E-state index contributed by atoms with van der Waals surface area (Å²) in [5.74, 6) is -1.83. The van der Waals surface area contributed by atoms with E-state index >= 15 is 0 Å². The summed E-state index contributed by atoms with van der Waals surface area (Å²) in [4.78, 5) is 16.5. The fraction of sp³-hybridized carbons (Fsp3) is 0.100. The Bertz CT molecular complexity index is 953. The molecule has 1 aromatic heterocycles. The molecule has 0 saturated heterocycles. The Balaban J connectivity index is 1.83. The highest BCUT2D eigenvalue weighted by Gasteiger charge is 2.14. The van der Waals surface area contributed by atoms with Crippen LogP contribution in [0.5, 0.6) is 0 Å². The van der Waals surface area contributed by atoms with Crippen molar-refractivity contribution in [3.63, 3.8) is 0 Å². The maximum Gasteiger partial charge on any atom is 0.256 e. The Morgan fingerprint density at radius 3 is 2.42 bits per heavy atom. The summed E-state index contributed by atoms with van der Waals surface area (Å²) < 4.78 is 27.4. The maximum atomic E-state index is 13.7. The molecule has 0 unspecified atom stereocenters. The normalized spacial score (nSPS) is 10.5. The van der Waals surface area contributed by atoms with Crippen molar-refractivity contribution in [3.05, 3.63) is 83.1 Å². The van der Waals surface area contributed by atoms with E-state index in [-0.39, 0.29) is 5.56 Å². The van der Waals surface area contributed by atoms with Gasteiger partial charge in [0.05, 0.1) is 0 Å². The zero-order valence-corrected chi connectivity index (χ0v) is 14.3. The number of amides is 1. The van der Waals surface area contributed by atoms with E-state index in [1.54, 1.807) is 0 Å². The van der Waals surface area contributed by atoms with Gasteiger partial charge in [-0.05, 0) is 55.3 Å². The predicted molar refractivity (Wildman–Crippen MR) is 97.7 cm³/mol. The molecule has 0 bridgehead atoms. The smallest absolute Gasteiger partial charge is 0.256 e. The first-order chi connectivity index (χ1) is 12.5. The van der Waals surface area contributed by atoms with Gasteiger partial charge < -0.3 is 10.6 Å². The third-order valence-corrected chi connectivity index (χ3v) is 4.09. The zero-order chi connectivity index (χ0) is 18.7. The average molecular weight is 353 g/mol. The van der Waals surface area contributed by atoms with Crippen molar-refractivity contribution in [2.45, 2.75) is 13.8 Å². The first kappa shape index (κ1) is 17.5. The van der Waals surface area contributed by atoms with Crippen LogP contribution >= 0.6 is 0 Å². The molecule has 132 valence electrons. The second kappa shape index (κ2) is 7.31. The Kier molecular flexibility index (Phi) is 4.93. The number of benzene rings is 2. The molecule has 0 saturated carbocycles. The number of hydrogen-bond acceptors (Lipinski definition) is 3. The predicted octanol–water partition coefficient (Wildman–Crippen LogP) is 4.97. The number of anilines is 3. The van der Waals surface area contributed by atoms with Crippen molar-refractivity contribution in [2.24, 2.45) is 0 Å². The molecule has 0 aliphatic carbocycles. The van der Waals surface area contributed by atoms with Gasteiger partial charge >= 0.3 is 0 Å². The van der Waals surface area contributed by atoms with Gasteiger partial charge in [0, 0.05) is 17.4 Å². The molecule has 2 N–H and O–H groups in total. The number of para-hydroxylation sites is 1. The van der Waals surface area contributed by atoms with Gasteiger partial charge in [0.1, 0.15) is 23.1 Å². The summed E-state index contributed by atoms with van der Waals surface area (Å²) >= 11 is 0. The van der Waals surface area contributed by atoms with Gasteiger partial charge in [-0.2, -0.15) is 0 Å². The largest absolute Gasteiger partial charge is 0.340 e. The van der Waals surface area contributed by atoms with Crippen molar-refractivity contribution in [1.82, 2.24) is 4.98 Å². The van der Waals surface area contributed by atoms with Crippen LogP contribution in [0.25, 0.3) is 0 Å². The van der Waals surface area contributed by atoms with E-state index in [0.29, 0.717) is 5.82 Å². The van der Waals surface area contributed by atoms with Gasteiger partial charge in [-0.1, -0.05) is 18.2 Å². The fourth-order valence-corrected chi connectivity index (χ4v) is 2.47. The lowest BCUT2D eigenvalue weighted by Gasteiger charge is -2.12. The van der Waals surface area contributed by atoms with E-state index in [4.69, 9.17) is 0 Å². The first-order valence-electron chi connectivity index (χ1n) is 8.00. The van der Waals surface area contributed by atoms with Crippen LogP contribution in [0.1, 0.15) is 21.5 Å². The number of halogens is 2. The molecular formula is C20H17F2N3O. The van der Waals surface area contributed by atoms with Crippen LogP contribution in [0, 0.1) is 25.5 Å². The van der Waals surface area contributed by atoms with Gasteiger partial charge in [-0.25, -0.2) is 13.8 Å². The molecule has 3 rings (SSSR count). The van der Waals surface area contributed by atoms with Crippen molar-refractivity contribution in [3.8, 4) is 0 Å². The van der Waals surface area contributed by atoms with Crippen LogP contribution in [0.15, 0.2) is 54.7 Å². The molecule has 4 nitrogen and oxygen atoms in total. The molecule has 0 aliphatic rings. The van der Waals surface area contributed by atoms with Gasteiger partial charge in [-0.3, -0.25) is 4.79 Å². The third kappa shape index (κ3) is 3.69. The van der Waals surface area contributed by atoms with Crippen LogP contribution in [0.2, 0.25) is 0 Å². The maximum absolute atomic E-state index is 13.7.